The van der Waals surface area contributed by atoms with Crippen molar-refractivity contribution in [3.63, 3.8) is 0 Å². The molecule has 0 radical (unpaired) electrons. The van der Waals surface area contributed by atoms with Gasteiger partial charge in [0.15, 0.2) is 11.4 Å². The lowest BCUT2D eigenvalue weighted by molar-refractivity contribution is -0.276. The smallest absolute Gasteiger partial charge is 0.224 e. The van der Waals surface area contributed by atoms with Crippen LogP contribution in [0.5, 0.6) is 0 Å². The van der Waals surface area contributed by atoms with E-state index in [0.717, 1.165) is 36.0 Å². The fourth-order valence-corrected chi connectivity index (χ4v) is 5.14. The average Bonchev–Trinajstić information content (AvgIpc) is 3.28. The van der Waals surface area contributed by atoms with Crippen molar-refractivity contribution in [3.8, 4) is 0 Å². The van der Waals surface area contributed by atoms with Crippen molar-refractivity contribution >= 4 is 40.7 Å². The summed E-state index contributed by atoms with van der Waals surface area (Å²) in [5.74, 6) is -0.181. The number of aromatic nitrogens is 2. The molecule has 0 saturated carbocycles. The van der Waals surface area contributed by atoms with Gasteiger partial charge in [-0.1, -0.05) is 72.9 Å². The molecule has 11 heteroatoms. The molecule has 4 atom stereocenters. The molecule has 3 aromatic rings. The minimum absolute atomic E-state index is 0.0365. The molecule has 4 rings (SSSR count). The number of carbonyl (C=O) groups is 2. The highest BCUT2D eigenvalue weighted by Crippen LogP contribution is 2.42. The predicted molar refractivity (Wildman–Crippen MR) is 157 cm³/mol. The number of benzene rings is 2. The van der Waals surface area contributed by atoms with Crippen molar-refractivity contribution in [2.45, 2.75) is 71.2 Å². The first-order valence-corrected chi connectivity index (χ1v) is 14.5. The number of carbonyl (C=O) groups excluding carboxylic acids is 2. The minimum Gasteiger partial charge on any atom is -0.392 e. The standard InChI is InChI=1S/C30H36Cl2N4O5/c1-19-25(16-36-18-34-28(31)29(36)32)40-30(41-27(19)22-12-10-21(17-37)11-13-22)23-7-6-8-24(15-23)35-26(39)9-4-3-5-14-33-20(2)38/h6-8,10-13,15,18-19,25,27,30,37H,3-5,9,14,16-17H2,1-2H3,(H,33,38)(H,35,39)/t19-,25+,27+,30+/m0/s1. The number of rotatable bonds is 12. The third-order valence-electron chi connectivity index (χ3n) is 7.13. The second-order valence-electron chi connectivity index (χ2n) is 10.3. The normalized spacial score (nSPS) is 20.5. The number of ether oxygens (including phenoxy) is 2. The molecule has 0 spiro atoms. The molecule has 220 valence electrons. The average molecular weight is 604 g/mol. The number of imidazole rings is 1. The number of unbranched alkanes of at least 4 members (excludes halogenated alkanes) is 2. The Labute approximate surface area is 250 Å². The van der Waals surface area contributed by atoms with Gasteiger partial charge in [-0.3, -0.25) is 9.59 Å². The molecule has 2 amide bonds. The van der Waals surface area contributed by atoms with E-state index in [9.17, 15) is 14.7 Å². The van der Waals surface area contributed by atoms with Gasteiger partial charge in [-0.15, -0.1) is 0 Å². The van der Waals surface area contributed by atoms with E-state index in [1.54, 1.807) is 10.9 Å². The van der Waals surface area contributed by atoms with Crippen LogP contribution in [-0.4, -0.2) is 39.1 Å². The predicted octanol–water partition coefficient (Wildman–Crippen LogP) is 5.81. The number of halogens is 2. The molecule has 1 aliphatic rings. The maximum atomic E-state index is 12.6. The summed E-state index contributed by atoms with van der Waals surface area (Å²) in [5.41, 5.74) is 3.20. The van der Waals surface area contributed by atoms with Gasteiger partial charge in [0.05, 0.1) is 31.7 Å². The summed E-state index contributed by atoms with van der Waals surface area (Å²) in [6.45, 7) is 4.55. The molecule has 9 nitrogen and oxygen atoms in total. The number of nitrogens with zero attached hydrogens (tertiary/aromatic N) is 2. The molecule has 0 aliphatic carbocycles. The van der Waals surface area contributed by atoms with Crippen molar-refractivity contribution in [2.75, 3.05) is 11.9 Å². The Kier molecular flexibility index (Phi) is 11.2. The van der Waals surface area contributed by atoms with E-state index < -0.39 is 6.29 Å². The lowest BCUT2D eigenvalue weighted by atomic mass is 9.90. The van der Waals surface area contributed by atoms with Crippen LogP contribution in [-0.2, 0) is 32.2 Å². The summed E-state index contributed by atoms with van der Waals surface area (Å²) in [7, 11) is 0. The van der Waals surface area contributed by atoms with Crippen LogP contribution in [0.15, 0.2) is 54.9 Å². The molecule has 41 heavy (non-hydrogen) atoms. The third kappa shape index (κ3) is 8.53. The van der Waals surface area contributed by atoms with Gasteiger partial charge in [0.2, 0.25) is 11.8 Å². The number of hydrogen-bond donors (Lipinski definition) is 3. The number of amides is 2. The Morgan fingerprint density at radius 3 is 2.51 bits per heavy atom. The van der Waals surface area contributed by atoms with Crippen molar-refractivity contribution in [1.29, 1.82) is 0 Å². The summed E-state index contributed by atoms with van der Waals surface area (Å²) < 4.78 is 14.7. The van der Waals surface area contributed by atoms with Crippen LogP contribution in [0.4, 0.5) is 5.69 Å². The Morgan fingerprint density at radius 2 is 1.83 bits per heavy atom. The molecule has 1 aromatic heterocycles. The monoisotopic (exact) mass is 602 g/mol. The summed E-state index contributed by atoms with van der Waals surface area (Å²) in [6.07, 6.45) is 3.09. The zero-order valence-electron chi connectivity index (χ0n) is 23.2. The van der Waals surface area contributed by atoms with Crippen LogP contribution < -0.4 is 10.6 Å². The van der Waals surface area contributed by atoms with Crippen LogP contribution in [0, 0.1) is 5.92 Å². The number of aliphatic hydroxyl groups excluding tert-OH is 1. The lowest BCUT2D eigenvalue weighted by Gasteiger charge is -2.41. The molecule has 0 unspecified atom stereocenters. The molecule has 2 heterocycles. The molecule has 1 aliphatic heterocycles. The largest absolute Gasteiger partial charge is 0.392 e. The third-order valence-corrected chi connectivity index (χ3v) is 7.90. The number of aliphatic hydroxyl groups is 1. The van der Waals surface area contributed by atoms with Crippen LogP contribution in [0.1, 0.15) is 68.6 Å². The quantitative estimate of drug-likeness (QED) is 0.225. The van der Waals surface area contributed by atoms with E-state index in [4.69, 9.17) is 32.7 Å². The van der Waals surface area contributed by atoms with E-state index in [1.165, 1.54) is 6.92 Å². The Morgan fingerprint density at radius 1 is 1.05 bits per heavy atom. The van der Waals surface area contributed by atoms with Crippen molar-refractivity contribution in [2.24, 2.45) is 5.92 Å². The SMILES string of the molecule is CC(=O)NCCCCCC(=O)Nc1cccc([C@@H]2O[C@H](Cn3cnc(Cl)c3Cl)[C@H](C)[C@H](c3ccc(CO)cc3)O2)c1. The van der Waals surface area contributed by atoms with Gasteiger partial charge in [-0.25, -0.2) is 4.98 Å². The molecule has 1 saturated heterocycles. The van der Waals surface area contributed by atoms with Crippen LogP contribution in [0.3, 0.4) is 0 Å². The summed E-state index contributed by atoms with van der Waals surface area (Å²) in [4.78, 5) is 27.6. The van der Waals surface area contributed by atoms with E-state index in [2.05, 4.69) is 22.5 Å². The summed E-state index contributed by atoms with van der Waals surface area (Å²) in [5, 5.41) is 15.8. The first-order chi connectivity index (χ1) is 19.7. The lowest BCUT2D eigenvalue weighted by Crippen LogP contribution is -2.39. The highest BCUT2D eigenvalue weighted by atomic mass is 35.5. The van der Waals surface area contributed by atoms with E-state index in [1.807, 2.05) is 48.5 Å². The zero-order valence-corrected chi connectivity index (χ0v) is 24.7. The Bertz CT molecular complexity index is 1320. The molecular formula is C30H36Cl2N4O5. The highest BCUT2D eigenvalue weighted by Gasteiger charge is 2.39. The van der Waals surface area contributed by atoms with Crippen molar-refractivity contribution in [3.05, 3.63) is 81.9 Å². The van der Waals surface area contributed by atoms with Gasteiger partial charge >= 0.3 is 0 Å². The first kappa shape index (κ1) is 31.0. The van der Waals surface area contributed by atoms with Crippen LogP contribution in [0.2, 0.25) is 10.3 Å². The van der Waals surface area contributed by atoms with Gasteiger partial charge in [-0.2, -0.15) is 0 Å². The molecule has 0 bridgehead atoms. The first-order valence-electron chi connectivity index (χ1n) is 13.8. The van der Waals surface area contributed by atoms with Gasteiger partial charge < -0.3 is 29.8 Å². The topological polar surface area (TPSA) is 115 Å². The second kappa shape index (κ2) is 14.8. The minimum atomic E-state index is -0.706. The number of hydrogen-bond acceptors (Lipinski definition) is 6. The number of anilines is 1. The molecule has 1 fully saturated rings. The van der Waals surface area contributed by atoms with Gasteiger partial charge in [-0.05, 0) is 36.1 Å². The fraction of sp³-hybridized carbons (Fsp3) is 0.433. The van der Waals surface area contributed by atoms with Crippen LogP contribution in [0.25, 0.3) is 0 Å². The maximum absolute atomic E-state index is 12.6. The number of nitrogens with one attached hydrogen (secondary N) is 2. The van der Waals surface area contributed by atoms with E-state index in [0.29, 0.717) is 30.4 Å². The van der Waals surface area contributed by atoms with Crippen LogP contribution >= 0.6 is 23.2 Å². The van der Waals surface area contributed by atoms with Gasteiger partial charge in [0, 0.05) is 37.1 Å². The van der Waals surface area contributed by atoms with Crippen molar-refractivity contribution < 1.29 is 24.2 Å². The zero-order chi connectivity index (χ0) is 29.4. The second-order valence-corrected chi connectivity index (χ2v) is 11.0. The molecule has 3 N–H and O–H groups in total. The Hall–Kier alpha value is -2.95. The molecule has 2 aromatic carbocycles. The fourth-order valence-electron chi connectivity index (χ4n) is 4.83. The van der Waals surface area contributed by atoms with Crippen molar-refractivity contribution in [1.82, 2.24) is 14.9 Å². The van der Waals surface area contributed by atoms with E-state index >= 15 is 0 Å². The highest BCUT2D eigenvalue weighted by molar-refractivity contribution is 6.40. The van der Waals surface area contributed by atoms with E-state index in [-0.39, 0.29) is 41.7 Å². The van der Waals surface area contributed by atoms with Gasteiger partial charge in [0.1, 0.15) is 5.15 Å². The maximum Gasteiger partial charge on any atom is 0.224 e. The summed E-state index contributed by atoms with van der Waals surface area (Å²) in [6, 6.07) is 15.1. The molecular weight excluding hydrogens is 567 g/mol. The van der Waals surface area contributed by atoms with Gasteiger partial charge in [0.25, 0.3) is 0 Å². The Balaban J connectivity index is 1.47. The summed E-state index contributed by atoms with van der Waals surface area (Å²) >= 11 is 12.4.